The number of imide groups is 2. The molecule has 1 aliphatic carbocycles. The van der Waals surface area contributed by atoms with Crippen molar-refractivity contribution in [2.75, 3.05) is 13.7 Å². The maximum Gasteiger partial charge on any atom is 0.333 e. The summed E-state index contributed by atoms with van der Waals surface area (Å²) in [6.45, 7) is 0.587. The highest BCUT2D eigenvalue weighted by Gasteiger charge is 2.38. The topological polar surface area (TPSA) is 66.9 Å². The number of urea groups is 1. The summed E-state index contributed by atoms with van der Waals surface area (Å²) in [4.78, 5) is 38.9. The van der Waals surface area contributed by atoms with Crippen LogP contribution in [0.4, 0.5) is 4.79 Å². The molecule has 0 N–H and O–H groups in total. The molecule has 1 saturated heterocycles. The molecule has 1 heterocycles. The molecule has 1 aromatic rings. The lowest BCUT2D eigenvalue weighted by molar-refractivity contribution is -0.142. The minimum atomic E-state index is -0.497. The quantitative estimate of drug-likeness (QED) is 0.754. The van der Waals surface area contributed by atoms with Gasteiger partial charge in [-0.05, 0) is 30.0 Å². The maximum absolute atomic E-state index is 12.5. The standard InChI is InChI=1S/C17H20N2O4/c1-23-14-6-4-13(5-7-14)11-19-16(21)10-15(20)18(17(19)22)9-8-12-2-3-12/h4-7,12H,2-3,8-11H2,1H3. The number of ether oxygens (including phenoxy) is 1. The molecule has 2 aliphatic rings. The Balaban J connectivity index is 1.69. The van der Waals surface area contributed by atoms with Gasteiger partial charge in [-0.1, -0.05) is 25.0 Å². The molecule has 3 rings (SSSR count). The second-order valence-corrected chi connectivity index (χ2v) is 6.06. The molecular weight excluding hydrogens is 296 g/mol. The number of carbonyl (C=O) groups is 3. The van der Waals surface area contributed by atoms with Crippen LogP contribution >= 0.6 is 0 Å². The normalized spacial score (nSPS) is 18.6. The number of amides is 4. The van der Waals surface area contributed by atoms with E-state index >= 15 is 0 Å². The van der Waals surface area contributed by atoms with Crippen LogP contribution < -0.4 is 4.74 Å². The smallest absolute Gasteiger partial charge is 0.333 e. The third kappa shape index (κ3) is 3.52. The van der Waals surface area contributed by atoms with E-state index in [-0.39, 0.29) is 18.9 Å². The van der Waals surface area contributed by atoms with Gasteiger partial charge < -0.3 is 4.74 Å². The van der Waals surface area contributed by atoms with Crippen molar-refractivity contribution in [1.29, 1.82) is 0 Å². The van der Waals surface area contributed by atoms with Crippen LogP contribution in [0.15, 0.2) is 24.3 Å². The zero-order valence-electron chi connectivity index (χ0n) is 13.2. The molecule has 122 valence electrons. The summed E-state index contributed by atoms with van der Waals surface area (Å²) in [5, 5.41) is 0. The van der Waals surface area contributed by atoms with Crippen molar-refractivity contribution in [2.24, 2.45) is 5.92 Å². The van der Waals surface area contributed by atoms with Crippen LogP contribution in [0.3, 0.4) is 0 Å². The number of barbiturate groups is 1. The summed E-state index contributed by atoms with van der Waals surface area (Å²) in [5.74, 6) is 0.527. The number of carbonyl (C=O) groups excluding carboxylic acids is 3. The summed E-state index contributed by atoms with van der Waals surface area (Å²) in [6, 6.07) is 6.69. The highest BCUT2D eigenvalue weighted by molar-refractivity contribution is 6.14. The van der Waals surface area contributed by atoms with Gasteiger partial charge in [0.05, 0.1) is 13.7 Å². The van der Waals surface area contributed by atoms with E-state index in [1.807, 2.05) is 12.1 Å². The second kappa shape index (κ2) is 6.40. The van der Waals surface area contributed by atoms with E-state index in [1.165, 1.54) is 17.7 Å². The van der Waals surface area contributed by atoms with E-state index in [1.54, 1.807) is 19.2 Å². The van der Waals surface area contributed by atoms with Gasteiger partial charge in [0.15, 0.2) is 0 Å². The Bertz CT molecular complexity index is 622. The molecule has 2 fully saturated rings. The lowest BCUT2D eigenvalue weighted by Crippen LogP contribution is -2.54. The number of hydrogen-bond donors (Lipinski definition) is 0. The van der Waals surface area contributed by atoms with Crippen LogP contribution in [0.2, 0.25) is 0 Å². The van der Waals surface area contributed by atoms with Gasteiger partial charge in [-0.25, -0.2) is 4.79 Å². The van der Waals surface area contributed by atoms with Crippen molar-refractivity contribution in [3.63, 3.8) is 0 Å². The van der Waals surface area contributed by atoms with Crippen LogP contribution in [0, 0.1) is 5.92 Å². The molecule has 6 heteroatoms. The molecule has 6 nitrogen and oxygen atoms in total. The van der Waals surface area contributed by atoms with E-state index in [4.69, 9.17) is 4.74 Å². The molecule has 0 aromatic heterocycles. The van der Waals surface area contributed by atoms with Crippen LogP contribution in [-0.4, -0.2) is 41.3 Å². The molecule has 23 heavy (non-hydrogen) atoms. The Labute approximate surface area is 135 Å². The summed E-state index contributed by atoms with van der Waals surface area (Å²) < 4.78 is 5.09. The number of nitrogens with zero attached hydrogens (tertiary/aromatic N) is 2. The first-order chi connectivity index (χ1) is 11.1. The van der Waals surface area contributed by atoms with E-state index in [0.29, 0.717) is 18.2 Å². The fourth-order valence-corrected chi connectivity index (χ4v) is 2.69. The first-order valence-electron chi connectivity index (χ1n) is 7.86. The molecular formula is C17H20N2O4. The Morgan fingerprint density at radius 2 is 1.70 bits per heavy atom. The number of methoxy groups -OCH3 is 1. The monoisotopic (exact) mass is 316 g/mol. The van der Waals surface area contributed by atoms with Crippen molar-refractivity contribution in [2.45, 2.75) is 32.2 Å². The summed E-state index contributed by atoms with van der Waals surface area (Å²) >= 11 is 0. The van der Waals surface area contributed by atoms with E-state index in [9.17, 15) is 14.4 Å². The second-order valence-electron chi connectivity index (χ2n) is 6.06. The molecule has 0 bridgehead atoms. The van der Waals surface area contributed by atoms with Crippen LogP contribution in [-0.2, 0) is 16.1 Å². The first-order valence-corrected chi connectivity index (χ1v) is 7.86. The first kappa shape index (κ1) is 15.5. The van der Waals surface area contributed by atoms with Crippen molar-refractivity contribution in [3.05, 3.63) is 29.8 Å². The van der Waals surface area contributed by atoms with Crippen molar-refractivity contribution < 1.29 is 19.1 Å². The molecule has 1 aliphatic heterocycles. The third-order valence-corrected chi connectivity index (χ3v) is 4.32. The largest absolute Gasteiger partial charge is 0.497 e. The number of benzene rings is 1. The van der Waals surface area contributed by atoms with Gasteiger partial charge in [-0.2, -0.15) is 0 Å². The molecule has 0 radical (unpaired) electrons. The van der Waals surface area contributed by atoms with Crippen LogP contribution in [0.1, 0.15) is 31.2 Å². The number of rotatable bonds is 6. The molecule has 1 aromatic carbocycles. The summed E-state index contributed by atoms with van der Waals surface area (Å²) in [5.41, 5.74) is 0.823. The predicted octanol–water partition coefficient (Wildman–Crippen LogP) is 2.18. The van der Waals surface area contributed by atoms with Gasteiger partial charge in [0, 0.05) is 6.54 Å². The van der Waals surface area contributed by atoms with Crippen molar-refractivity contribution >= 4 is 17.8 Å². The van der Waals surface area contributed by atoms with Gasteiger partial charge in [-0.3, -0.25) is 19.4 Å². The molecule has 1 saturated carbocycles. The zero-order chi connectivity index (χ0) is 16.4. The van der Waals surface area contributed by atoms with Gasteiger partial charge in [-0.15, -0.1) is 0 Å². The lowest BCUT2D eigenvalue weighted by Gasteiger charge is -2.32. The summed E-state index contributed by atoms with van der Waals surface area (Å²) in [7, 11) is 1.58. The fraction of sp³-hybridized carbons (Fsp3) is 0.471. The summed E-state index contributed by atoms with van der Waals surface area (Å²) in [6.07, 6.45) is 2.95. The van der Waals surface area contributed by atoms with E-state index in [0.717, 1.165) is 16.9 Å². The van der Waals surface area contributed by atoms with Gasteiger partial charge >= 0.3 is 6.03 Å². The molecule has 0 atom stereocenters. The minimum Gasteiger partial charge on any atom is -0.497 e. The highest BCUT2D eigenvalue weighted by Crippen LogP contribution is 2.33. The lowest BCUT2D eigenvalue weighted by atomic mass is 10.1. The molecule has 0 unspecified atom stereocenters. The van der Waals surface area contributed by atoms with Gasteiger partial charge in [0.25, 0.3) is 0 Å². The highest BCUT2D eigenvalue weighted by atomic mass is 16.5. The van der Waals surface area contributed by atoms with Crippen LogP contribution in [0.5, 0.6) is 5.75 Å². The number of hydrogen-bond acceptors (Lipinski definition) is 4. The predicted molar refractivity (Wildman–Crippen MR) is 82.6 cm³/mol. The Kier molecular flexibility index (Phi) is 4.32. The Morgan fingerprint density at radius 3 is 2.30 bits per heavy atom. The fourth-order valence-electron chi connectivity index (χ4n) is 2.69. The SMILES string of the molecule is COc1ccc(CN2C(=O)CC(=O)N(CCC3CC3)C2=O)cc1. The zero-order valence-corrected chi connectivity index (χ0v) is 13.2. The average Bonchev–Trinajstić information content (AvgIpc) is 3.36. The maximum atomic E-state index is 12.5. The van der Waals surface area contributed by atoms with Gasteiger partial charge in [0.2, 0.25) is 11.8 Å². The Morgan fingerprint density at radius 1 is 1.04 bits per heavy atom. The van der Waals surface area contributed by atoms with E-state index in [2.05, 4.69) is 0 Å². The average molecular weight is 316 g/mol. The Hall–Kier alpha value is -2.37. The van der Waals surface area contributed by atoms with Crippen molar-refractivity contribution in [1.82, 2.24) is 9.80 Å². The van der Waals surface area contributed by atoms with Gasteiger partial charge in [0.1, 0.15) is 12.2 Å². The van der Waals surface area contributed by atoms with Crippen LogP contribution in [0.25, 0.3) is 0 Å². The third-order valence-electron chi connectivity index (χ3n) is 4.32. The molecule has 4 amide bonds. The van der Waals surface area contributed by atoms with E-state index < -0.39 is 11.9 Å². The molecule has 0 spiro atoms. The van der Waals surface area contributed by atoms with Crippen molar-refractivity contribution in [3.8, 4) is 5.75 Å². The minimum absolute atomic E-state index is 0.175.